The fraction of sp³-hybridized carbons (Fsp3) is 0.400. The van der Waals surface area contributed by atoms with Crippen molar-refractivity contribution >= 4 is 10.9 Å². The van der Waals surface area contributed by atoms with Crippen LogP contribution in [0.4, 0.5) is 0 Å². The minimum atomic E-state index is 0.136. The van der Waals surface area contributed by atoms with E-state index in [4.69, 9.17) is 10.5 Å². The number of benzene rings is 1. The first-order valence-corrected chi connectivity index (χ1v) is 6.25. The molecule has 18 heavy (non-hydrogen) atoms. The molecule has 0 amide bonds. The Hall–Kier alpha value is -1.61. The summed E-state index contributed by atoms with van der Waals surface area (Å²) in [5.74, 6) is 1.05. The molecule has 3 rings (SSSR count). The highest BCUT2D eigenvalue weighted by molar-refractivity contribution is 5.80. The van der Waals surface area contributed by atoms with Crippen LogP contribution < -0.4 is 10.5 Å². The molecule has 1 saturated carbocycles. The molecule has 2 aromatic rings. The number of hydrogen-bond acceptors (Lipinski definition) is 3. The molecule has 2 N–H and O–H groups in total. The van der Waals surface area contributed by atoms with Crippen molar-refractivity contribution in [3.8, 4) is 5.88 Å². The van der Waals surface area contributed by atoms with Crippen molar-refractivity contribution in [1.29, 1.82) is 0 Å². The van der Waals surface area contributed by atoms with Crippen molar-refractivity contribution in [2.75, 3.05) is 7.11 Å². The first-order chi connectivity index (χ1) is 8.55. The maximum Gasteiger partial charge on any atom is 0.217 e. The SMILES string of the molecule is COc1nc2ccccc2cc1[C@@H]1[C@@H](N)C1(C)C. The number of nitrogens with zero attached hydrogens (tertiary/aromatic N) is 1. The summed E-state index contributed by atoms with van der Waals surface area (Å²) in [6.45, 7) is 4.38. The van der Waals surface area contributed by atoms with Gasteiger partial charge in [-0.1, -0.05) is 32.0 Å². The summed E-state index contributed by atoms with van der Waals surface area (Å²) in [6.07, 6.45) is 0. The van der Waals surface area contributed by atoms with E-state index >= 15 is 0 Å². The van der Waals surface area contributed by atoms with Crippen LogP contribution >= 0.6 is 0 Å². The summed E-state index contributed by atoms with van der Waals surface area (Å²) in [6, 6.07) is 10.4. The number of nitrogens with two attached hydrogens (primary N) is 1. The van der Waals surface area contributed by atoms with Crippen LogP contribution in [-0.4, -0.2) is 18.1 Å². The highest BCUT2D eigenvalue weighted by Gasteiger charge is 2.57. The molecular formula is C15H18N2O. The molecule has 3 nitrogen and oxygen atoms in total. The Bertz CT molecular complexity index is 606. The minimum absolute atomic E-state index is 0.136. The molecule has 0 spiro atoms. The molecule has 1 aromatic heterocycles. The van der Waals surface area contributed by atoms with Gasteiger partial charge in [-0.25, -0.2) is 4.98 Å². The van der Waals surface area contributed by atoms with Crippen LogP contribution in [0.25, 0.3) is 10.9 Å². The van der Waals surface area contributed by atoms with Crippen LogP contribution in [0.2, 0.25) is 0 Å². The van der Waals surface area contributed by atoms with Crippen LogP contribution in [0.3, 0.4) is 0 Å². The van der Waals surface area contributed by atoms with Crippen molar-refractivity contribution in [3.05, 3.63) is 35.9 Å². The lowest BCUT2D eigenvalue weighted by atomic mass is 10.0. The number of hydrogen-bond donors (Lipinski definition) is 1. The van der Waals surface area contributed by atoms with Crippen LogP contribution in [0.15, 0.2) is 30.3 Å². The largest absolute Gasteiger partial charge is 0.481 e. The van der Waals surface area contributed by atoms with Crippen LogP contribution in [-0.2, 0) is 0 Å². The second kappa shape index (κ2) is 3.69. The van der Waals surface area contributed by atoms with Gasteiger partial charge in [-0.05, 0) is 17.5 Å². The second-order valence-corrected chi connectivity index (χ2v) is 5.60. The van der Waals surface area contributed by atoms with Gasteiger partial charge in [-0.2, -0.15) is 0 Å². The second-order valence-electron chi connectivity index (χ2n) is 5.60. The van der Waals surface area contributed by atoms with E-state index in [0.717, 1.165) is 16.5 Å². The Kier molecular flexibility index (Phi) is 2.35. The monoisotopic (exact) mass is 242 g/mol. The van der Waals surface area contributed by atoms with E-state index in [1.807, 2.05) is 18.2 Å². The number of pyridine rings is 1. The van der Waals surface area contributed by atoms with E-state index in [0.29, 0.717) is 11.8 Å². The van der Waals surface area contributed by atoms with Gasteiger partial charge in [0, 0.05) is 22.9 Å². The van der Waals surface area contributed by atoms with Gasteiger partial charge in [0.2, 0.25) is 5.88 Å². The Labute approximate surface area is 107 Å². The van der Waals surface area contributed by atoms with Crippen molar-refractivity contribution in [1.82, 2.24) is 4.98 Å². The molecule has 94 valence electrons. The Balaban J connectivity index is 2.17. The highest BCUT2D eigenvalue weighted by Crippen LogP contribution is 2.59. The highest BCUT2D eigenvalue weighted by atomic mass is 16.5. The van der Waals surface area contributed by atoms with Gasteiger partial charge < -0.3 is 10.5 Å². The lowest BCUT2D eigenvalue weighted by Crippen LogP contribution is -2.06. The molecule has 1 heterocycles. The molecule has 1 aromatic carbocycles. The summed E-state index contributed by atoms with van der Waals surface area (Å²) >= 11 is 0. The quantitative estimate of drug-likeness (QED) is 0.880. The predicted octanol–water partition coefficient (Wildman–Crippen LogP) is 2.69. The van der Waals surface area contributed by atoms with E-state index in [2.05, 4.69) is 31.0 Å². The van der Waals surface area contributed by atoms with Gasteiger partial charge in [0.15, 0.2) is 0 Å². The molecular weight excluding hydrogens is 224 g/mol. The maximum atomic E-state index is 6.16. The summed E-state index contributed by atoms with van der Waals surface area (Å²) in [4.78, 5) is 4.58. The molecule has 1 fully saturated rings. The third kappa shape index (κ3) is 1.51. The van der Waals surface area contributed by atoms with Crippen molar-refractivity contribution < 1.29 is 4.74 Å². The predicted molar refractivity (Wildman–Crippen MR) is 72.8 cm³/mol. The average molecular weight is 242 g/mol. The van der Waals surface area contributed by atoms with Gasteiger partial charge in [-0.3, -0.25) is 0 Å². The molecule has 1 aliphatic rings. The van der Waals surface area contributed by atoms with E-state index in [-0.39, 0.29) is 11.5 Å². The van der Waals surface area contributed by atoms with Crippen molar-refractivity contribution in [2.45, 2.75) is 25.8 Å². The van der Waals surface area contributed by atoms with E-state index in [9.17, 15) is 0 Å². The van der Waals surface area contributed by atoms with Gasteiger partial charge in [-0.15, -0.1) is 0 Å². The molecule has 3 heteroatoms. The first-order valence-electron chi connectivity index (χ1n) is 6.25. The zero-order valence-corrected chi connectivity index (χ0v) is 11.0. The molecule has 0 bridgehead atoms. The van der Waals surface area contributed by atoms with Crippen LogP contribution in [0.1, 0.15) is 25.3 Å². The maximum absolute atomic E-state index is 6.16. The zero-order valence-electron chi connectivity index (χ0n) is 11.0. The third-order valence-electron chi connectivity index (χ3n) is 4.16. The molecule has 0 radical (unpaired) electrons. The van der Waals surface area contributed by atoms with Crippen molar-refractivity contribution in [2.24, 2.45) is 11.1 Å². The third-order valence-corrected chi connectivity index (χ3v) is 4.16. The Morgan fingerprint density at radius 3 is 2.56 bits per heavy atom. The molecule has 0 aliphatic heterocycles. The fourth-order valence-electron chi connectivity index (χ4n) is 2.77. The number of methoxy groups -OCH3 is 1. The van der Waals surface area contributed by atoms with Gasteiger partial charge in [0.1, 0.15) is 0 Å². The standard InChI is InChI=1S/C15H18N2O/c1-15(2)12(13(15)16)10-8-9-6-4-5-7-11(9)17-14(10)18-3/h4-8,12-13H,16H2,1-3H3/t12-,13-/m1/s1. The zero-order chi connectivity index (χ0) is 12.9. The summed E-state index contributed by atoms with van der Waals surface area (Å²) < 4.78 is 5.43. The number of para-hydroxylation sites is 1. The summed E-state index contributed by atoms with van der Waals surface area (Å²) in [7, 11) is 1.67. The normalized spacial score (nSPS) is 25.1. The smallest absolute Gasteiger partial charge is 0.217 e. The molecule has 0 unspecified atom stereocenters. The van der Waals surface area contributed by atoms with E-state index < -0.39 is 0 Å². The molecule has 1 aliphatic carbocycles. The fourth-order valence-corrected chi connectivity index (χ4v) is 2.77. The van der Waals surface area contributed by atoms with E-state index in [1.165, 1.54) is 0 Å². The number of fused-ring (bicyclic) bond motifs is 1. The van der Waals surface area contributed by atoms with Crippen LogP contribution in [0.5, 0.6) is 5.88 Å². The number of aromatic nitrogens is 1. The van der Waals surface area contributed by atoms with Crippen molar-refractivity contribution in [3.63, 3.8) is 0 Å². The number of ether oxygens (including phenoxy) is 1. The number of rotatable bonds is 2. The topological polar surface area (TPSA) is 48.1 Å². The van der Waals surface area contributed by atoms with Crippen LogP contribution in [0, 0.1) is 5.41 Å². The lowest BCUT2D eigenvalue weighted by Gasteiger charge is -2.10. The molecule has 2 atom stereocenters. The summed E-state index contributed by atoms with van der Waals surface area (Å²) in [5, 5.41) is 1.14. The Morgan fingerprint density at radius 2 is 1.94 bits per heavy atom. The Morgan fingerprint density at radius 1 is 1.28 bits per heavy atom. The first kappa shape index (κ1) is 11.5. The lowest BCUT2D eigenvalue weighted by molar-refractivity contribution is 0.392. The van der Waals surface area contributed by atoms with Gasteiger partial charge in [0.25, 0.3) is 0 Å². The summed E-state index contributed by atoms with van der Waals surface area (Å²) in [5.41, 5.74) is 8.39. The van der Waals surface area contributed by atoms with Gasteiger partial charge in [0.05, 0.1) is 12.6 Å². The van der Waals surface area contributed by atoms with Gasteiger partial charge >= 0.3 is 0 Å². The minimum Gasteiger partial charge on any atom is -0.481 e. The average Bonchev–Trinajstić information content (AvgIpc) is 2.86. The molecule has 0 saturated heterocycles. The van der Waals surface area contributed by atoms with E-state index in [1.54, 1.807) is 7.11 Å².